The number of anilines is 1. The molecule has 1 aromatic heterocycles. The molecule has 5 rings (SSSR count). The highest BCUT2D eigenvalue weighted by Crippen LogP contribution is 2.34. The second kappa shape index (κ2) is 7.10. The number of hydrogen-bond donors (Lipinski definition) is 2. The van der Waals surface area contributed by atoms with Gasteiger partial charge in [0.15, 0.2) is 0 Å². The molecule has 1 fully saturated rings. The highest BCUT2D eigenvalue weighted by atomic mass is 32.2. The average Bonchev–Trinajstić information content (AvgIpc) is 3.15. The SMILES string of the molecule is O=C(CCn1ncc2ccccc21)N1CCC2(CC1)Nc1ccccc1S(=O)(=O)N2. The Bertz CT molecular complexity index is 1210. The third-order valence-electron chi connectivity index (χ3n) is 5.94. The molecule has 2 aliphatic heterocycles. The van der Waals surface area contributed by atoms with E-state index in [-0.39, 0.29) is 10.8 Å². The summed E-state index contributed by atoms with van der Waals surface area (Å²) in [5.41, 5.74) is 0.881. The lowest BCUT2D eigenvalue weighted by Crippen LogP contribution is -2.62. The third-order valence-corrected chi connectivity index (χ3v) is 7.53. The van der Waals surface area contributed by atoms with E-state index in [0.717, 1.165) is 10.9 Å². The van der Waals surface area contributed by atoms with Crippen molar-refractivity contribution < 1.29 is 13.2 Å². The van der Waals surface area contributed by atoms with Gasteiger partial charge >= 0.3 is 0 Å². The van der Waals surface area contributed by atoms with E-state index in [4.69, 9.17) is 0 Å². The van der Waals surface area contributed by atoms with Crippen LogP contribution >= 0.6 is 0 Å². The highest BCUT2D eigenvalue weighted by molar-refractivity contribution is 7.89. The van der Waals surface area contributed by atoms with Crippen molar-refractivity contribution in [1.29, 1.82) is 0 Å². The molecular weight excluding hydrogens is 402 g/mol. The number of sulfonamides is 1. The van der Waals surface area contributed by atoms with Gasteiger partial charge in [0.2, 0.25) is 15.9 Å². The van der Waals surface area contributed by atoms with Crippen LogP contribution in [0.2, 0.25) is 0 Å². The molecule has 30 heavy (non-hydrogen) atoms. The molecule has 2 N–H and O–H groups in total. The van der Waals surface area contributed by atoms with E-state index < -0.39 is 15.7 Å². The molecule has 3 aromatic rings. The van der Waals surface area contributed by atoms with Crippen LogP contribution < -0.4 is 10.0 Å². The lowest BCUT2D eigenvalue weighted by molar-refractivity contribution is -0.132. The van der Waals surface area contributed by atoms with Crippen LogP contribution in [0.5, 0.6) is 0 Å². The topological polar surface area (TPSA) is 96.3 Å². The van der Waals surface area contributed by atoms with Gasteiger partial charge in [-0.1, -0.05) is 30.3 Å². The zero-order chi connectivity index (χ0) is 20.8. The monoisotopic (exact) mass is 425 g/mol. The third kappa shape index (κ3) is 3.33. The number of para-hydroxylation sites is 2. The molecule has 0 radical (unpaired) electrons. The van der Waals surface area contributed by atoms with Crippen molar-refractivity contribution in [2.45, 2.75) is 36.4 Å². The van der Waals surface area contributed by atoms with Gasteiger partial charge in [0, 0.05) is 37.7 Å². The predicted molar refractivity (Wildman–Crippen MR) is 113 cm³/mol. The normalized spacial score (nSPS) is 19.4. The van der Waals surface area contributed by atoms with Crippen molar-refractivity contribution in [1.82, 2.24) is 19.4 Å². The van der Waals surface area contributed by atoms with Gasteiger partial charge in [-0.15, -0.1) is 0 Å². The maximum Gasteiger partial charge on any atom is 0.244 e. The standard InChI is InChI=1S/C21H23N5O3S/c27-20(9-12-26-18-7-3-1-5-16(18)15-22-26)25-13-10-21(11-14-25)23-17-6-2-4-8-19(17)30(28,29)24-21/h1-8,15,23-24H,9-14H2. The zero-order valence-electron chi connectivity index (χ0n) is 16.4. The number of carbonyl (C=O) groups excluding carboxylic acids is 1. The van der Waals surface area contributed by atoms with Crippen LogP contribution in [0.1, 0.15) is 19.3 Å². The molecule has 1 amide bonds. The summed E-state index contributed by atoms with van der Waals surface area (Å²) >= 11 is 0. The molecule has 9 heteroatoms. The maximum absolute atomic E-state index is 12.8. The molecule has 0 saturated carbocycles. The molecule has 0 atom stereocenters. The summed E-state index contributed by atoms with van der Waals surface area (Å²) in [4.78, 5) is 14.8. The van der Waals surface area contributed by atoms with Gasteiger partial charge in [0.1, 0.15) is 10.6 Å². The molecule has 2 aromatic carbocycles. The number of aryl methyl sites for hydroxylation is 1. The smallest absolute Gasteiger partial charge is 0.244 e. The molecule has 0 aliphatic carbocycles. The van der Waals surface area contributed by atoms with Gasteiger partial charge in [-0.25, -0.2) is 8.42 Å². The van der Waals surface area contributed by atoms with Crippen LogP contribution in [0, 0.1) is 0 Å². The van der Waals surface area contributed by atoms with Crippen LogP contribution in [0.15, 0.2) is 59.6 Å². The number of fused-ring (bicyclic) bond motifs is 2. The number of carbonyl (C=O) groups is 1. The predicted octanol–water partition coefficient (Wildman–Crippen LogP) is 2.15. The number of piperidine rings is 1. The number of likely N-dealkylation sites (tertiary alicyclic amines) is 1. The van der Waals surface area contributed by atoms with Gasteiger partial charge in [0.25, 0.3) is 0 Å². The van der Waals surface area contributed by atoms with E-state index >= 15 is 0 Å². The van der Waals surface area contributed by atoms with Crippen LogP contribution in [-0.4, -0.2) is 47.8 Å². The van der Waals surface area contributed by atoms with Crippen molar-refractivity contribution in [3.8, 4) is 0 Å². The van der Waals surface area contributed by atoms with Gasteiger partial charge in [-0.2, -0.15) is 9.82 Å². The van der Waals surface area contributed by atoms with E-state index in [0.29, 0.717) is 44.6 Å². The number of aromatic nitrogens is 2. The van der Waals surface area contributed by atoms with Crippen LogP contribution in [-0.2, 0) is 21.4 Å². The summed E-state index contributed by atoms with van der Waals surface area (Å²) < 4.78 is 30.0. The Labute approximate surface area is 174 Å². The number of benzene rings is 2. The Morgan fingerprint density at radius 2 is 1.80 bits per heavy atom. The second-order valence-corrected chi connectivity index (χ2v) is 9.52. The van der Waals surface area contributed by atoms with Gasteiger partial charge < -0.3 is 10.2 Å². The first-order valence-corrected chi connectivity index (χ1v) is 11.5. The fraction of sp³-hybridized carbons (Fsp3) is 0.333. The Balaban J connectivity index is 1.23. The Morgan fingerprint density at radius 3 is 2.63 bits per heavy atom. The van der Waals surface area contributed by atoms with Gasteiger partial charge in [-0.3, -0.25) is 9.48 Å². The van der Waals surface area contributed by atoms with Crippen LogP contribution in [0.4, 0.5) is 5.69 Å². The summed E-state index contributed by atoms with van der Waals surface area (Å²) in [6.45, 7) is 1.51. The maximum atomic E-state index is 12.8. The summed E-state index contributed by atoms with van der Waals surface area (Å²) in [6.07, 6.45) is 3.19. The van der Waals surface area contributed by atoms with E-state index in [1.165, 1.54) is 0 Å². The van der Waals surface area contributed by atoms with E-state index in [1.807, 2.05) is 46.1 Å². The zero-order valence-corrected chi connectivity index (χ0v) is 17.2. The molecule has 3 heterocycles. The molecule has 0 bridgehead atoms. The van der Waals surface area contributed by atoms with Gasteiger partial charge in [0.05, 0.1) is 23.9 Å². The van der Waals surface area contributed by atoms with E-state index in [1.54, 1.807) is 18.2 Å². The first-order chi connectivity index (χ1) is 14.5. The van der Waals surface area contributed by atoms with Crippen molar-refractivity contribution in [3.63, 3.8) is 0 Å². The fourth-order valence-electron chi connectivity index (χ4n) is 4.33. The second-order valence-electron chi connectivity index (χ2n) is 7.87. The minimum Gasteiger partial charge on any atom is -0.365 e. The lowest BCUT2D eigenvalue weighted by Gasteiger charge is -2.45. The minimum atomic E-state index is -3.58. The highest BCUT2D eigenvalue weighted by Gasteiger charge is 2.43. The Morgan fingerprint density at radius 1 is 1.07 bits per heavy atom. The molecule has 1 spiro atoms. The van der Waals surface area contributed by atoms with Crippen molar-refractivity contribution >= 4 is 32.5 Å². The quantitative estimate of drug-likeness (QED) is 0.670. The number of amides is 1. The molecule has 8 nitrogen and oxygen atoms in total. The number of rotatable bonds is 3. The number of nitrogens with one attached hydrogen (secondary N) is 2. The lowest BCUT2D eigenvalue weighted by atomic mass is 9.97. The van der Waals surface area contributed by atoms with Crippen LogP contribution in [0.25, 0.3) is 10.9 Å². The van der Waals surface area contributed by atoms with Crippen molar-refractivity contribution in [3.05, 3.63) is 54.7 Å². The van der Waals surface area contributed by atoms with Crippen molar-refractivity contribution in [2.75, 3.05) is 18.4 Å². The first kappa shape index (κ1) is 19.1. The molecule has 0 unspecified atom stereocenters. The molecule has 2 aliphatic rings. The van der Waals surface area contributed by atoms with Crippen molar-refractivity contribution in [2.24, 2.45) is 0 Å². The molecule has 1 saturated heterocycles. The summed E-state index contributed by atoms with van der Waals surface area (Å²) in [7, 11) is -3.58. The Hall–Kier alpha value is -2.91. The fourth-order valence-corrected chi connectivity index (χ4v) is 5.87. The number of hydrogen-bond acceptors (Lipinski definition) is 5. The largest absolute Gasteiger partial charge is 0.365 e. The Kier molecular flexibility index (Phi) is 4.52. The first-order valence-electron chi connectivity index (χ1n) is 10.1. The van der Waals surface area contributed by atoms with E-state index in [2.05, 4.69) is 15.1 Å². The van der Waals surface area contributed by atoms with Crippen LogP contribution in [0.3, 0.4) is 0 Å². The van der Waals surface area contributed by atoms with E-state index in [9.17, 15) is 13.2 Å². The average molecular weight is 426 g/mol. The number of nitrogens with zero attached hydrogens (tertiary/aromatic N) is 3. The molecular formula is C21H23N5O3S. The summed E-state index contributed by atoms with van der Waals surface area (Å²) in [6, 6.07) is 14.8. The minimum absolute atomic E-state index is 0.0588. The molecule has 156 valence electrons. The summed E-state index contributed by atoms with van der Waals surface area (Å²) in [5, 5.41) is 8.79. The van der Waals surface area contributed by atoms with Gasteiger partial charge in [-0.05, 0) is 18.2 Å². The summed E-state index contributed by atoms with van der Waals surface area (Å²) in [5.74, 6) is 0.0588.